The highest BCUT2D eigenvalue weighted by Gasteiger charge is 2.36. The maximum absolute atomic E-state index is 12.9. The van der Waals surface area contributed by atoms with Crippen molar-refractivity contribution in [3.05, 3.63) is 28.0 Å². The average Bonchev–Trinajstić information content (AvgIpc) is 2.90. The van der Waals surface area contributed by atoms with E-state index in [-0.39, 0.29) is 0 Å². The van der Waals surface area contributed by atoms with E-state index >= 15 is 0 Å². The molecular formula is C12H12F3N3S. The zero-order chi connectivity index (χ0) is 13.6. The number of rotatable bonds is 1. The molecule has 0 saturated carbocycles. The van der Waals surface area contributed by atoms with E-state index < -0.39 is 11.9 Å². The molecule has 3 nitrogen and oxygen atoms in total. The summed E-state index contributed by atoms with van der Waals surface area (Å²) in [5.74, 6) is 0. The molecule has 1 aliphatic carbocycles. The number of nitrogens with zero attached hydrogens (tertiary/aromatic N) is 3. The SMILES string of the molecule is Cc1cc(C(F)(F)F)n(-c2nc3c(s2)CCCC3)n1. The Hall–Kier alpha value is -1.37. The van der Waals surface area contributed by atoms with E-state index in [1.54, 1.807) is 6.92 Å². The van der Waals surface area contributed by atoms with Crippen LogP contribution >= 0.6 is 11.3 Å². The molecular weight excluding hydrogens is 275 g/mol. The lowest BCUT2D eigenvalue weighted by atomic mass is 10.0. The lowest BCUT2D eigenvalue weighted by molar-refractivity contribution is -0.142. The third kappa shape index (κ3) is 2.27. The van der Waals surface area contributed by atoms with Gasteiger partial charge in [-0.05, 0) is 38.7 Å². The van der Waals surface area contributed by atoms with Crippen LogP contribution in [0.15, 0.2) is 6.07 Å². The summed E-state index contributed by atoms with van der Waals surface area (Å²) in [7, 11) is 0. The molecule has 19 heavy (non-hydrogen) atoms. The Morgan fingerprint density at radius 3 is 2.68 bits per heavy atom. The second-order valence-corrected chi connectivity index (χ2v) is 5.72. The lowest BCUT2D eigenvalue weighted by Gasteiger charge is -2.07. The summed E-state index contributed by atoms with van der Waals surface area (Å²) in [5.41, 5.74) is 0.532. The quantitative estimate of drug-likeness (QED) is 0.803. The molecule has 1 aliphatic rings. The molecule has 0 atom stereocenters. The molecule has 0 spiro atoms. The predicted octanol–water partition coefficient (Wildman–Crippen LogP) is 3.53. The minimum Gasteiger partial charge on any atom is -0.223 e. The van der Waals surface area contributed by atoms with Crippen LogP contribution in [0.4, 0.5) is 13.2 Å². The molecule has 0 amide bonds. The van der Waals surface area contributed by atoms with Gasteiger partial charge < -0.3 is 0 Å². The molecule has 0 N–H and O–H groups in total. The van der Waals surface area contributed by atoms with Crippen molar-refractivity contribution < 1.29 is 13.2 Å². The number of hydrogen-bond acceptors (Lipinski definition) is 3. The summed E-state index contributed by atoms with van der Waals surface area (Å²) in [6.07, 6.45) is -0.505. The molecule has 3 rings (SSSR count). The number of halogens is 3. The zero-order valence-corrected chi connectivity index (χ0v) is 11.1. The van der Waals surface area contributed by atoms with E-state index in [1.807, 2.05) is 0 Å². The highest BCUT2D eigenvalue weighted by atomic mass is 32.1. The molecule has 0 saturated heterocycles. The van der Waals surface area contributed by atoms with Crippen molar-refractivity contribution in [2.24, 2.45) is 0 Å². The van der Waals surface area contributed by atoms with Crippen LogP contribution in [0.1, 0.15) is 34.8 Å². The summed E-state index contributed by atoms with van der Waals surface area (Å²) in [6, 6.07) is 1.06. The molecule has 0 bridgehead atoms. The summed E-state index contributed by atoms with van der Waals surface area (Å²) >= 11 is 1.32. The maximum atomic E-state index is 12.9. The number of alkyl halides is 3. The van der Waals surface area contributed by atoms with Crippen LogP contribution in [0.2, 0.25) is 0 Å². The van der Waals surface area contributed by atoms with E-state index in [1.165, 1.54) is 11.3 Å². The number of hydrogen-bond donors (Lipinski definition) is 0. The number of aryl methyl sites for hydroxylation is 3. The first-order chi connectivity index (χ1) is 8.95. The van der Waals surface area contributed by atoms with Gasteiger partial charge in [0.1, 0.15) is 0 Å². The van der Waals surface area contributed by atoms with E-state index in [9.17, 15) is 13.2 Å². The van der Waals surface area contributed by atoms with Crippen LogP contribution in [0, 0.1) is 6.92 Å². The first-order valence-electron chi connectivity index (χ1n) is 6.08. The van der Waals surface area contributed by atoms with Crippen LogP contribution in [-0.4, -0.2) is 14.8 Å². The van der Waals surface area contributed by atoms with Gasteiger partial charge in [-0.3, -0.25) is 0 Å². The Bertz CT molecular complexity index is 589. The smallest absolute Gasteiger partial charge is 0.223 e. The standard InChI is InChI=1S/C12H12F3N3S/c1-7-6-10(12(13,14)15)18(17-7)11-16-8-4-2-3-5-9(8)19-11/h6H,2-5H2,1H3. The zero-order valence-electron chi connectivity index (χ0n) is 10.3. The first-order valence-corrected chi connectivity index (χ1v) is 6.89. The predicted molar refractivity (Wildman–Crippen MR) is 65.6 cm³/mol. The summed E-state index contributed by atoms with van der Waals surface area (Å²) in [4.78, 5) is 5.43. The average molecular weight is 287 g/mol. The maximum Gasteiger partial charge on any atom is 0.433 e. The van der Waals surface area contributed by atoms with Crippen molar-refractivity contribution in [3.63, 3.8) is 0 Å². The van der Waals surface area contributed by atoms with Gasteiger partial charge in [-0.15, -0.1) is 0 Å². The molecule has 0 unspecified atom stereocenters. The van der Waals surface area contributed by atoms with E-state index in [0.29, 0.717) is 10.8 Å². The summed E-state index contributed by atoms with van der Waals surface area (Å²) in [6.45, 7) is 1.55. The van der Waals surface area contributed by atoms with E-state index in [0.717, 1.165) is 47.0 Å². The number of aromatic nitrogens is 3. The van der Waals surface area contributed by atoms with Crippen molar-refractivity contribution in [2.45, 2.75) is 38.8 Å². The third-order valence-corrected chi connectivity index (χ3v) is 4.27. The van der Waals surface area contributed by atoms with Gasteiger partial charge in [-0.25, -0.2) is 9.67 Å². The van der Waals surface area contributed by atoms with Gasteiger partial charge in [0.05, 0.1) is 11.4 Å². The second-order valence-electron chi connectivity index (χ2n) is 4.65. The summed E-state index contributed by atoms with van der Waals surface area (Å²) in [5, 5.41) is 4.26. The largest absolute Gasteiger partial charge is 0.433 e. The van der Waals surface area contributed by atoms with Gasteiger partial charge in [0.2, 0.25) is 5.13 Å². The van der Waals surface area contributed by atoms with Crippen LogP contribution in [0.5, 0.6) is 0 Å². The normalized spacial score (nSPS) is 15.6. The molecule has 2 aromatic rings. The highest BCUT2D eigenvalue weighted by molar-refractivity contribution is 7.14. The fraction of sp³-hybridized carbons (Fsp3) is 0.500. The van der Waals surface area contributed by atoms with Crippen molar-refractivity contribution in [3.8, 4) is 5.13 Å². The van der Waals surface area contributed by atoms with Crippen LogP contribution in [0.3, 0.4) is 0 Å². The minimum absolute atomic E-state index is 0.326. The first kappa shape index (κ1) is 12.7. The van der Waals surface area contributed by atoms with E-state index in [2.05, 4.69) is 10.1 Å². The Morgan fingerprint density at radius 1 is 1.26 bits per heavy atom. The third-order valence-electron chi connectivity index (χ3n) is 3.14. The van der Waals surface area contributed by atoms with Crippen molar-refractivity contribution in [1.82, 2.24) is 14.8 Å². The molecule has 0 aliphatic heterocycles. The molecule has 102 valence electrons. The molecule has 0 aromatic carbocycles. The second kappa shape index (κ2) is 4.33. The molecule has 7 heteroatoms. The van der Waals surface area contributed by atoms with Crippen molar-refractivity contribution in [1.29, 1.82) is 0 Å². The topological polar surface area (TPSA) is 30.7 Å². The lowest BCUT2D eigenvalue weighted by Crippen LogP contribution is -2.13. The monoisotopic (exact) mass is 287 g/mol. The number of thiazole rings is 1. The number of fused-ring (bicyclic) bond motifs is 1. The van der Waals surface area contributed by atoms with Crippen LogP contribution in [-0.2, 0) is 19.0 Å². The van der Waals surface area contributed by atoms with Crippen LogP contribution < -0.4 is 0 Å². The van der Waals surface area contributed by atoms with Crippen molar-refractivity contribution >= 4 is 11.3 Å². The summed E-state index contributed by atoms with van der Waals surface area (Å²) < 4.78 is 39.8. The Morgan fingerprint density at radius 2 is 2.00 bits per heavy atom. The fourth-order valence-corrected chi connectivity index (χ4v) is 3.39. The van der Waals surface area contributed by atoms with Gasteiger partial charge >= 0.3 is 6.18 Å². The van der Waals surface area contributed by atoms with Gasteiger partial charge in [0, 0.05) is 4.88 Å². The van der Waals surface area contributed by atoms with Gasteiger partial charge in [-0.2, -0.15) is 18.3 Å². The minimum atomic E-state index is -4.41. The Kier molecular flexibility index (Phi) is 2.88. The highest BCUT2D eigenvalue weighted by Crippen LogP contribution is 2.34. The van der Waals surface area contributed by atoms with Gasteiger partial charge in [0.25, 0.3) is 0 Å². The molecule has 2 heterocycles. The van der Waals surface area contributed by atoms with E-state index in [4.69, 9.17) is 0 Å². The van der Waals surface area contributed by atoms with Gasteiger partial charge in [0.15, 0.2) is 5.69 Å². The molecule has 0 radical (unpaired) electrons. The fourth-order valence-electron chi connectivity index (χ4n) is 2.28. The molecule has 0 fully saturated rings. The van der Waals surface area contributed by atoms with Gasteiger partial charge in [-0.1, -0.05) is 11.3 Å². The Labute approximate surface area is 112 Å². The van der Waals surface area contributed by atoms with Crippen molar-refractivity contribution in [2.75, 3.05) is 0 Å². The Balaban J connectivity index is 2.09. The molecule has 2 aromatic heterocycles. The van der Waals surface area contributed by atoms with Crippen LogP contribution in [0.25, 0.3) is 5.13 Å².